The molecule has 1 saturated heterocycles. The number of H-pyrrole nitrogens is 1. The zero-order valence-electron chi connectivity index (χ0n) is 12.2. The molecule has 0 amide bonds. The van der Waals surface area contributed by atoms with Crippen LogP contribution in [0.1, 0.15) is 11.8 Å². The summed E-state index contributed by atoms with van der Waals surface area (Å²) in [4.78, 5) is 45.3. The fourth-order valence-corrected chi connectivity index (χ4v) is 2.57. The van der Waals surface area contributed by atoms with E-state index in [4.69, 9.17) is 20.1 Å². The van der Waals surface area contributed by atoms with Gasteiger partial charge >= 0.3 is 13.5 Å². The lowest BCUT2D eigenvalue weighted by Gasteiger charge is -2.18. The summed E-state index contributed by atoms with van der Waals surface area (Å²) in [5.41, 5.74) is 7.30. The van der Waals surface area contributed by atoms with Crippen molar-refractivity contribution in [2.24, 2.45) is 5.11 Å². The van der Waals surface area contributed by atoms with Gasteiger partial charge in [0.05, 0.1) is 12.7 Å². The van der Waals surface area contributed by atoms with Gasteiger partial charge in [0, 0.05) is 16.7 Å². The lowest BCUT2D eigenvalue weighted by Crippen LogP contribution is -2.37. The maximum absolute atomic E-state index is 11.9. The van der Waals surface area contributed by atoms with E-state index in [2.05, 4.69) is 14.5 Å². The molecule has 0 saturated carbocycles. The summed E-state index contributed by atoms with van der Waals surface area (Å²) < 4.78 is 21.3. The van der Waals surface area contributed by atoms with Crippen molar-refractivity contribution in [3.05, 3.63) is 43.0 Å². The SMILES string of the molecule is Cc1cn([C@@H]2O[C@H](COP(=O)(O)O)C(O)[C@@H]2N=[N+]=[N-])c(=O)[nH]c1=O. The first-order chi connectivity index (χ1) is 11.1. The number of hydrogen-bond donors (Lipinski definition) is 4. The molecule has 0 radical (unpaired) electrons. The van der Waals surface area contributed by atoms with Crippen LogP contribution in [0.15, 0.2) is 20.9 Å². The number of phosphoric acid groups is 1. The number of aliphatic hydroxyl groups excluding tert-OH is 1. The second-order valence-corrected chi connectivity index (χ2v) is 6.26. The largest absolute Gasteiger partial charge is 0.469 e. The quantitative estimate of drug-likeness (QED) is 0.218. The molecule has 13 nitrogen and oxygen atoms in total. The average molecular weight is 363 g/mol. The molecule has 24 heavy (non-hydrogen) atoms. The van der Waals surface area contributed by atoms with Gasteiger partial charge < -0.3 is 19.6 Å². The van der Waals surface area contributed by atoms with Crippen LogP contribution in [0.3, 0.4) is 0 Å². The summed E-state index contributed by atoms with van der Waals surface area (Å²) in [7, 11) is -4.81. The number of aromatic amines is 1. The zero-order valence-corrected chi connectivity index (χ0v) is 13.1. The Balaban J connectivity index is 2.36. The van der Waals surface area contributed by atoms with Crippen LogP contribution in [-0.4, -0.2) is 49.3 Å². The minimum absolute atomic E-state index is 0.169. The molecule has 0 aliphatic carbocycles. The van der Waals surface area contributed by atoms with E-state index in [0.29, 0.717) is 0 Å². The Morgan fingerprint density at radius 2 is 2.21 bits per heavy atom. The number of rotatable bonds is 5. The van der Waals surface area contributed by atoms with Gasteiger partial charge in [-0.25, -0.2) is 9.36 Å². The third kappa shape index (κ3) is 3.91. The molecular weight excluding hydrogens is 349 g/mol. The first-order valence-electron chi connectivity index (χ1n) is 6.54. The van der Waals surface area contributed by atoms with E-state index in [1.807, 2.05) is 4.98 Å². The fraction of sp³-hybridized carbons (Fsp3) is 0.600. The maximum Gasteiger partial charge on any atom is 0.469 e. The number of hydrogen-bond acceptors (Lipinski definition) is 7. The molecule has 1 aromatic heterocycles. The van der Waals surface area contributed by atoms with Gasteiger partial charge in [0.25, 0.3) is 5.56 Å². The Morgan fingerprint density at radius 1 is 1.54 bits per heavy atom. The van der Waals surface area contributed by atoms with Gasteiger partial charge in [-0.1, -0.05) is 5.11 Å². The van der Waals surface area contributed by atoms with Gasteiger partial charge in [-0.3, -0.25) is 18.9 Å². The Hall–Kier alpha value is -1.98. The minimum atomic E-state index is -4.81. The minimum Gasteiger partial charge on any atom is -0.390 e. The number of aromatic nitrogens is 2. The predicted octanol–water partition coefficient (Wildman–Crippen LogP) is -1.11. The fourth-order valence-electron chi connectivity index (χ4n) is 2.23. The second-order valence-electron chi connectivity index (χ2n) is 5.02. The van der Waals surface area contributed by atoms with E-state index >= 15 is 0 Å². The van der Waals surface area contributed by atoms with Crippen LogP contribution >= 0.6 is 7.82 Å². The van der Waals surface area contributed by atoms with Gasteiger partial charge in [0.1, 0.15) is 18.4 Å². The summed E-state index contributed by atoms with van der Waals surface area (Å²) in [5.74, 6) is 0. The Morgan fingerprint density at radius 3 is 2.79 bits per heavy atom. The number of nitrogens with one attached hydrogen (secondary N) is 1. The molecule has 1 unspecified atom stereocenters. The number of phosphoric ester groups is 1. The zero-order chi connectivity index (χ0) is 18.1. The smallest absolute Gasteiger partial charge is 0.390 e. The lowest BCUT2D eigenvalue weighted by atomic mass is 10.1. The highest BCUT2D eigenvalue weighted by molar-refractivity contribution is 7.46. The maximum atomic E-state index is 11.9. The number of ether oxygens (including phenoxy) is 1. The van der Waals surface area contributed by atoms with Crippen LogP contribution in [0.2, 0.25) is 0 Å². The molecule has 1 aliphatic rings. The number of aryl methyl sites for hydroxylation is 1. The van der Waals surface area contributed by atoms with E-state index in [1.165, 1.54) is 6.92 Å². The van der Waals surface area contributed by atoms with E-state index in [0.717, 1.165) is 10.8 Å². The van der Waals surface area contributed by atoms with Crippen molar-refractivity contribution < 1.29 is 28.7 Å². The molecule has 1 aromatic rings. The molecule has 1 aliphatic heterocycles. The van der Waals surface area contributed by atoms with Crippen molar-refractivity contribution in [1.82, 2.24) is 9.55 Å². The molecule has 0 spiro atoms. The van der Waals surface area contributed by atoms with Crippen molar-refractivity contribution >= 4 is 7.82 Å². The molecule has 2 heterocycles. The molecule has 132 valence electrons. The van der Waals surface area contributed by atoms with Gasteiger partial charge in [-0.15, -0.1) is 0 Å². The summed E-state index contributed by atoms with van der Waals surface area (Å²) >= 11 is 0. The average Bonchev–Trinajstić information content (AvgIpc) is 2.78. The number of nitrogens with zero attached hydrogens (tertiary/aromatic N) is 4. The van der Waals surface area contributed by atoms with Gasteiger partial charge in [-0.2, -0.15) is 0 Å². The molecule has 14 heteroatoms. The summed E-state index contributed by atoms with van der Waals surface area (Å²) in [6, 6.07) is -1.27. The van der Waals surface area contributed by atoms with Crippen molar-refractivity contribution in [2.75, 3.05) is 6.61 Å². The third-order valence-corrected chi connectivity index (χ3v) is 3.83. The van der Waals surface area contributed by atoms with Crippen molar-refractivity contribution in [1.29, 1.82) is 0 Å². The molecule has 4 N–H and O–H groups in total. The predicted molar refractivity (Wildman–Crippen MR) is 76.9 cm³/mol. The Bertz CT molecular complexity index is 823. The van der Waals surface area contributed by atoms with Crippen LogP contribution in [0, 0.1) is 6.92 Å². The van der Waals surface area contributed by atoms with Crippen LogP contribution in [0.5, 0.6) is 0 Å². The first-order valence-corrected chi connectivity index (χ1v) is 8.07. The third-order valence-electron chi connectivity index (χ3n) is 3.35. The molecule has 0 aromatic carbocycles. The van der Waals surface area contributed by atoms with E-state index in [1.54, 1.807) is 0 Å². The molecule has 2 rings (SSSR count). The first kappa shape index (κ1) is 18.4. The second kappa shape index (κ2) is 6.87. The van der Waals surface area contributed by atoms with E-state index in [-0.39, 0.29) is 5.56 Å². The standard InChI is InChI=1S/C10H14N5O8P/c1-4-2-15(10(18)12-8(4)17)9-6(13-14-11)7(16)5(23-9)3-22-24(19,20)21/h2,5-7,9,16H,3H2,1H3,(H,12,17,18)(H2,19,20,21)/t5-,6+,7?,9-/m1/s1. The summed E-state index contributed by atoms with van der Waals surface area (Å²) in [6.45, 7) is 0.730. The highest BCUT2D eigenvalue weighted by Crippen LogP contribution is 2.38. The lowest BCUT2D eigenvalue weighted by molar-refractivity contribution is -0.0457. The van der Waals surface area contributed by atoms with E-state index < -0.39 is 50.2 Å². The van der Waals surface area contributed by atoms with Crippen LogP contribution in [0.25, 0.3) is 10.4 Å². The highest BCUT2D eigenvalue weighted by atomic mass is 31.2. The molecular formula is C10H14N5O8P. The summed E-state index contributed by atoms with van der Waals surface area (Å²) in [5, 5.41) is 13.5. The number of azide groups is 1. The molecule has 1 fully saturated rings. The Labute approximate surface area is 133 Å². The summed E-state index contributed by atoms with van der Waals surface area (Å²) in [6.07, 6.45) is -2.89. The van der Waals surface area contributed by atoms with Crippen molar-refractivity contribution in [3.63, 3.8) is 0 Å². The normalized spacial score (nSPS) is 27.0. The van der Waals surface area contributed by atoms with Gasteiger partial charge in [0.15, 0.2) is 0 Å². The van der Waals surface area contributed by atoms with Crippen LogP contribution < -0.4 is 11.2 Å². The van der Waals surface area contributed by atoms with Crippen molar-refractivity contribution in [2.45, 2.75) is 31.4 Å². The van der Waals surface area contributed by atoms with Gasteiger partial charge in [-0.05, 0) is 12.5 Å². The topological polar surface area (TPSA) is 200 Å². The molecule has 0 bridgehead atoms. The van der Waals surface area contributed by atoms with E-state index in [9.17, 15) is 19.3 Å². The molecule has 4 atom stereocenters. The Kier molecular flexibility index (Phi) is 5.26. The highest BCUT2D eigenvalue weighted by Gasteiger charge is 2.45. The van der Waals surface area contributed by atoms with Crippen LogP contribution in [-0.2, 0) is 13.8 Å². The van der Waals surface area contributed by atoms with Crippen molar-refractivity contribution in [3.8, 4) is 0 Å². The monoisotopic (exact) mass is 363 g/mol. The van der Waals surface area contributed by atoms with Crippen LogP contribution in [0.4, 0.5) is 0 Å². The number of aliphatic hydroxyl groups is 1. The van der Waals surface area contributed by atoms with Gasteiger partial charge in [0.2, 0.25) is 0 Å².